The predicted molar refractivity (Wildman–Crippen MR) is 65.2 cm³/mol. The fraction of sp³-hybridized carbons (Fsp3) is 0.727. The van der Waals surface area contributed by atoms with Crippen LogP contribution in [-0.4, -0.2) is 17.6 Å². The zero-order valence-corrected chi connectivity index (χ0v) is 10.3. The molecule has 0 bridgehead atoms. The molecule has 0 radical (unpaired) electrons. The summed E-state index contributed by atoms with van der Waals surface area (Å²) >= 11 is 1.73. The molecule has 3 nitrogen and oxygen atoms in total. The first kappa shape index (κ1) is 10.9. The monoisotopic (exact) mass is 225 g/mol. The molecule has 1 aromatic heterocycles. The molecular formula is C11H19N3S. The summed E-state index contributed by atoms with van der Waals surface area (Å²) in [5.74, 6) is 0.706. The van der Waals surface area contributed by atoms with Gasteiger partial charge in [-0.2, -0.15) is 0 Å². The Morgan fingerprint density at radius 1 is 1.67 bits per heavy atom. The van der Waals surface area contributed by atoms with E-state index < -0.39 is 0 Å². The van der Waals surface area contributed by atoms with Crippen LogP contribution in [0.3, 0.4) is 0 Å². The maximum Gasteiger partial charge on any atom is 0.185 e. The molecular weight excluding hydrogens is 206 g/mol. The van der Waals surface area contributed by atoms with Crippen molar-refractivity contribution < 1.29 is 0 Å². The molecule has 1 aromatic rings. The maximum absolute atomic E-state index is 5.58. The number of nitrogens with two attached hydrogens (primary N) is 1. The quantitative estimate of drug-likeness (QED) is 0.857. The molecule has 2 heterocycles. The van der Waals surface area contributed by atoms with Crippen LogP contribution >= 0.6 is 11.3 Å². The van der Waals surface area contributed by atoms with E-state index in [0.29, 0.717) is 18.5 Å². The van der Waals surface area contributed by atoms with Crippen LogP contribution in [0, 0.1) is 5.92 Å². The first-order valence-electron chi connectivity index (χ1n) is 5.63. The lowest BCUT2D eigenvalue weighted by atomic mass is 10.0. The van der Waals surface area contributed by atoms with Crippen molar-refractivity contribution in [3.8, 4) is 0 Å². The molecule has 1 saturated heterocycles. The molecule has 4 heteroatoms. The second-order valence-electron chi connectivity index (χ2n) is 4.47. The number of thiazole rings is 1. The summed E-state index contributed by atoms with van der Waals surface area (Å²) in [7, 11) is 0. The Labute approximate surface area is 95.3 Å². The molecule has 0 aromatic carbocycles. The van der Waals surface area contributed by atoms with Crippen LogP contribution in [0.15, 0.2) is 5.38 Å². The fourth-order valence-corrected chi connectivity index (χ4v) is 3.17. The highest BCUT2D eigenvalue weighted by Crippen LogP contribution is 2.31. The average Bonchev–Trinajstić information content (AvgIpc) is 2.85. The molecule has 1 aliphatic rings. The van der Waals surface area contributed by atoms with Gasteiger partial charge < -0.3 is 10.6 Å². The zero-order chi connectivity index (χ0) is 10.8. The SMILES string of the molecule is CC(C)C1CCCN1c1nc(CN)cs1. The van der Waals surface area contributed by atoms with Crippen LogP contribution in [-0.2, 0) is 6.54 Å². The first-order valence-corrected chi connectivity index (χ1v) is 6.51. The molecule has 0 aliphatic carbocycles. The van der Waals surface area contributed by atoms with Crippen molar-refractivity contribution in [3.63, 3.8) is 0 Å². The van der Waals surface area contributed by atoms with Gasteiger partial charge in [-0.25, -0.2) is 4.98 Å². The highest BCUT2D eigenvalue weighted by molar-refractivity contribution is 7.13. The van der Waals surface area contributed by atoms with Gasteiger partial charge in [0.25, 0.3) is 0 Å². The van der Waals surface area contributed by atoms with Gasteiger partial charge in [0.1, 0.15) is 0 Å². The van der Waals surface area contributed by atoms with Gasteiger partial charge in [-0.15, -0.1) is 11.3 Å². The second-order valence-corrected chi connectivity index (χ2v) is 5.31. The summed E-state index contributed by atoms with van der Waals surface area (Å²) in [6.07, 6.45) is 2.59. The van der Waals surface area contributed by atoms with E-state index >= 15 is 0 Å². The van der Waals surface area contributed by atoms with Gasteiger partial charge in [0.15, 0.2) is 5.13 Å². The number of hydrogen-bond acceptors (Lipinski definition) is 4. The largest absolute Gasteiger partial charge is 0.345 e. The number of hydrogen-bond donors (Lipinski definition) is 1. The van der Waals surface area contributed by atoms with Crippen LogP contribution in [0.5, 0.6) is 0 Å². The molecule has 0 spiro atoms. The number of rotatable bonds is 3. The Morgan fingerprint density at radius 2 is 2.47 bits per heavy atom. The molecule has 1 fully saturated rings. The van der Waals surface area contributed by atoms with Crippen molar-refractivity contribution in [2.45, 2.75) is 39.3 Å². The van der Waals surface area contributed by atoms with Gasteiger partial charge in [-0.05, 0) is 18.8 Å². The summed E-state index contributed by atoms with van der Waals surface area (Å²) in [6, 6.07) is 0.668. The van der Waals surface area contributed by atoms with E-state index in [4.69, 9.17) is 5.73 Å². The number of anilines is 1. The maximum atomic E-state index is 5.58. The third-order valence-electron chi connectivity index (χ3n) is 3.06. The summed E-state index contributed by atoms with van der Waals surface area (Å²) in [5.41, 5.74) is 6.60. The van der Waals surface area contributed by atoms with Crippen molar-refractivity contribution >= 4 is 16.5 Å². The smallest absolute Gasteiger partial charge is 0.185 e. The highest BCUT2D eigenvalue weighted by atomic mass is 32.1. The van der Waals surface area contributed by atoms with E-state index in [0.717, 1.165) is 17.4 Å². The van der Waals surface area contributed by atoms with Gasteiger partial charge in [-0.1, -0.05) is 13.8 Å². The van der Waals surface area contributed by atoms with Crippen molar-refractivity contribution in [1.29, 1.82) is 0 Å². The summed E-state index contributed by atoms with van der Waals surface area (Å²) in [5, 5.41) is 3.23. The minimum Gasteiger partial charge on any atom is -0.345 e. The Hall–Kier alpha value is -0.610. The predicted octanol–water partition coefficient (Wildman–Crippen LogP) is 2.23. The molecule has 2 N–H and O–H groups in total. The summed E-state index contributed by atoms with van der Waals surface area (Å²) in [6.45, 7) is 6.29. The van der Waals surface area contributed by atoms with E-state index in [1.165, 1.54) is 12.8 Å². The van der Waals surface area contributed by atoms with E-state index in [2.05, 4.69) is 29.1 Å². The lowest BCUT2D eigenvalue weighted by molar-refractivity contribution is 0.491. The third kappa shape index (κ3) is 2.16. The molecule has 15 heavy (non-hydrogen) atoms. The Morgan fingerprint density at radius 3 is 3.07 bits per heavy atom. The van der Waals surface area contributed by atoms with Crippen LogP contribution < -0.4 is 10.6 Å². The molecule has 0 amide bonds. The van der Waals surface area contributed by atoms with Gasteiger partial charge in [0, 0.05) is 24.5 Å². The van der Waals surface area contributed by atoms with Crippen molar-refractivity contribution in [1.82, 2.24) is 4.98 Å². The second kappa shape index (κ2) is 4.49. The van der Waals surface area contributed by atoms with Gasteiger partial charge >= 0.3 is 0 Å². The molecule has 2 rings (SSSR count). The standard InChI is InChI=1S/C11H19N3S/c1-8(2)10-4-3-5-14(10)11-13-9(6-12)7-15-11/h7-8,10H,3-6,12H2,1-2H3. The summed E-state index contributed by atoms with van der Waals surface area (Å²) < 4.78 is 0. The zero-order valence-electron chi connectivity index (χ0n) is 9.44. The van der Waals surface area contributed by atoms with Gasteiger partial charge in [0.2, 0.25) is 0 Å². The molecule has 1 atom stereocenters. The fourth-order valence-electron chi connectivity index (χ4n) is 2.25. The van der Waals surface area contributed by atoms with Crippen molar-refractivity contribution in [3.05, 3.63) is 11.1 Å². The van der Waals surface area contributed by atoms with Crippen LogP contribution in [0.4, 0.5) is 5.13 Å². The van der Waals surface area contributed by atoms with E-state index in [1.807, 2.05) is 0 Å². The Kier molecular flexibility index (Phi) is 3.26. The average molecular weight is 225 g/mol. The minimum atomic E-state index is 0.552. The van der Waals surface area contributed by atoms with Crippen molar-refractivity contribution in [2.75, 3.05) is 11.4 Å². The summed E-state index contributed by atoms with van der Waals surface area (Å²) in [4.78, 5) is 7.02. The minimum absolute atomic E-state index is 0.552. The highest BCUT2D eigenvalue weighted by Gasteiger charge is 2.28. The molecule has 0 saturated carbocycles. The van der Waals surface area contributed by atoms with E-state index in [9.17, 15) is 0 Å². The molecule has 1 aliphatic heterocycles. The Bertz CT molecular complexity index is 321. The first-order chi connectivity index (χ1) is 7.22. The number of nitrogens with zero attached hydrogens (tertiary/aromatic N) is 2. The van der Waals surface area contributed by atoms with Gasteiger partial charge in [0.05, 0.1) is 5.69 Å². The van der Waals surface area contributed by atoms with Crippen molar-refractivity contribution in [2.24, 2.45) is 11.7 Å². The lowest BCUT2D eigenvalue weighted by Gasteiger charge is -2.27. The Balaban J connectivity index is 2.15. The lowest BCUT2D eigenvalue weighted by Crippen LogP contribution is -2.33. The third-order valence-corrected chi connectivity index (χ3v) is 3.99. The van der Waals surface area contributed by atoms with Gasteiger partial charge in [-0.3, -0.25) is 0 Å². The number of aromatic nitrogens is 1. The topological polar surface area (TPSA) is 42.2 Å². The van der Waals surface area contributed by atoms with Crippen LogP contribution in [0.25, 0.3) is 0 Å². The molecule has 84 valence electrons. The van der Waals surface area contributed by atoms with Crippen LogP contribution in [0.2, 0.25) is 0 Å². The normalized spacial score (nSPS) is 21.6. The molecule has 1 unspecified atom stereocenters. The van der Waals surface area contributed by atoms with E-state index in [-0.39, 0.29) is 0 Å². The van der Waals surface area contributed by atoms with Crippen LogP contribution in [0.1, 0.15) is 32.4 Å². The van der Waals surface area contributed by atoms with E-state index in [1.54, 1.807) is 11.3 Å².